The number of aromatic nitrogens is 2. The summed E-state index contributed by atoms with van der Waals surface area (Å²) < 4.78 is 34.6. The van der Waals surface area contributed by atoms with Gasteiger partial charge in [0.05, 0.1) is 18.8 Å². The molecule has 218 valence electrons. The number of rotatable bonds is 8. The summed E-state index contributed by atoms with van der Waals surface area (Å²) in [6.45, 7) is 7.33. The van der Waals surface area contributed by atoms with Crippen molar-refractivity contribution >= 4 is 28.9 Å². The Hall–Kier alpha value is -3.17. The summed E-state index contributed by atoms with van der Waals surface area (Å²) in [6, 6.07) is 15.1. The van der Waals surface area contributed by atoms with Gasteiger partial charge in [-0.15, -0.1) is 0 Å². The van der Waals surface area contributed by atoms with Gasteiger partial charge in [-0.1, -0.05) is 29.8 Å². The van der Waals surface area contributed by atoms with Crippen LogP contribution in [0, 0.1) is 0 Å². The van der Waals surface area contributed by atoms with Gasteiger partial charge in [-0.2, -0.15) is 5.10 Å². The van der Waals surface area contributed by atoms with Crippen LogP contribution < -0.4 is 9.80 Å². The Labute approximate surface area is 244 Å². The molecule has 3 fully saturated rings. The summed E-state index contributed by atoms with van der Waals surface area (Å²) in [5.41, 5.74) is 3.77. The van der Waals surface area contributed by atoms with Crippen LogP contribution in [0.15, 0.2) is 48.7 Å². The van der Waals surface area contributed by atoms with E-state index in [1.807, 2.05) is 18.2 Å². The van der Waals surface area contributed by atoms with Crippen molar-refractivity contribution in [3.8, 4) is 11.1 Å². The second-order valence-corrected chi connectivity index (χ2v) is 11.6. The van der Waals surface area contributed by atoms with E-state index in [2.05, 4.69) is 44.1 Å². The number of ether oxygens (including phenoxy) is 1. The number of benzene rings is 2. The molecule has 1 unspecified atom stereocenters. The first-order valence-corrected chi connectivity index (χ1v) is 15.0. The van der Waals surface area contributed by atoms with Gasteiger partial charge in [-0.05, 0) is 62.4 Å². The van der Waals surface area contributed by atoms with Crippen LogP contribution in [0.25, 0.3) is 11.1 Å². The minimum Gasteiger partial charge on any atom is -0.462 e. The number of nitrogens with zero attached hydrogens (tertiary/aromatic N) is 5. The summed E-state index contributed by atoms with van der Waals surface area (Å²) >= 11 is 6.47. The fourth-order valence-electron chi connectivity index (χ4n) is 6.27. The number of anilines is 2. The van der Waals surface area contributed by atoms with Gasteiger partial charge < -0.3 is 14.5 Å². The first kappa shape index (κ1) is 28.0. The van der Waals surface area contributed by atoms with Crippen molar-refractivity contribution in [2.45, 2.75) is 51.1 Å². The predicted octanol–water partition coefficient (Wildman–Crippen LogP) is 6.44. The van der Waals surface area contributed by atoms with Gasteiger partial charge in [-0.25, -0.2) is 13.6 Å². The number of piperazine rings is 1. The molecule has 3 aliphatic rings. The first-order chi connectivity index (χ1) is 19.9. The summed E-state index contributed by atoms with van der Waals surface area (Å²) in [7, 11) is 0. The molecule has 6 rings (SSSR count). The van der Waals surface area contributed by atoms with Crippen molar-refractivity contribution < 1.29 is 18.3 Å². The lowest BCUT2D eigenvalue weighted by molar-refractivity contribution is 0.0512. The lowest BCUT2D eigenvalue weighted by atomic mass is 9.99. The molecular formula is C31H36ClF2N5O2. The van der Waals surface area contributed by atoms with Crippen LogP contribution in [0.3, 0.4) is 0 Å². The summed E-state index contributed by atoms with van der Waals surface area (Å²) in [6.07, 6.45) is 2.53. The maximum atomic E-state index is 14.2. The molecule has 1 saturated carbocycles. The number of esters is 1. The monoisotopic (exact) mass is 583 g/mol. The quantitative estimate of drug-likeness (QED) is 0.284. The highest BCUT2D eigenvalue weighted by molar-refractivity contribution is 6.31. The van der Waals surface area contributed by atoms with Crippen molar-refractivity contribution in [1.29, 1.82) is 0 Å². The van der Waals surface area contributed by atoms with Gasteiger partial charge in [0.2, 0.25) is 0 Å². The largest absolute Gasteiger partial charge is 0.462 e. The van der Waals surface area contributed by atoms with Crippen LogP contribution in [0.1, 0.15) is 61.1 Å². The number of piperidine rings is 1. The van der Waals surface area contributed by atoms with Gasteiger partial charge in [0, 0.05) is 67.3 Å². The molecule has 10 heteroatoms. The van der Waals surface area contributed by atoms with Gasteiger partial charge in [0.15, 0.2) is 0 Å². The van der Waals surface area contributed by atoms with Crippen LogP contribution >= 0.6 is 11.6 Å². The molecule has 3 heterocycles. The number of hydrogen-bond acceptors (Lipinski definition) is 6. The Morgan fingerprint density at radius 2 is 1.76 bits per heavy atom. The fourth-order valence-corrected chi connectivity index (χ4v) is 6.43. The number of carbonyl (C=O) groups is 1. The molecule has 0 radical (unpaired) electrons. The molecule has 2 saturated heterocycles. The average molecular weight is 584 g/mol. The Morgan fingerprint density at radius 3 is 2.44 bits per heavy atom. The molecule has 1 aromatic heterocycles. The Kier molecular flexibility index (Phi) is 8.17. The molecule has 0 spiro atoms. The lowest BCUT2D eigenvalue weighted by Gasteiger charge is -2.37. The zero-order chi connectivity index (χ0) is 28.5. The van der Waals surface area contributed by atoms with Crippen LogP contribution in [-0.4, -0.2) is 72.6 Å². The van der Waals surface area contributed by atoms with Crippen molar-refractivity contribution in [1.82, 2.24) is 14.7 Å². The molecule has 41 heavy (non-hydrogen) atoms. The summed E-state index contributed by atoms with van der Waals surface area (Å²) in [5.74, 6) is -0.771. The highest BCUT2D eigenvalue weighted by atomic mass is 35.5. The lowest BCUT2D eigenvalue weighted by Crippen LogP contribution is -2.47. The normalized spacial score (nSPS) is 20.1. The zero-order valence-corrected chi connectivity index (χ0v) is 24.1. The Morgan fingerprint density at radius 1 is 1.00 bits per heavy atom. The molecular weight excluding hydrogens is 548 g/mol. The van der Waals surface area contributed by atoms with Crippen molar-refractivity contribution in [3.05, 3.63) is 64.9 Å². The van der Waals surface area contributed by atoms with Crippen molar-refractivity contribution in [3.63, 3.8) is 0 Å². The second kappa shape index (κ2) is 12.0. The second-order valence-electron chi connectivity index (χ2n) is 11.1. The van der Waals surface area contributed by atoms with E-state index >= 15 is 0 Å². The molecule has 0 amide bonds. The van der Waals surface area contributed by atoms with E-state index in [0.717, 1.165) is 62.0 Å². The van der Waals surface area contributed by atoms with Crippen LogP contribution in [0.2, 0.25) is 5.02 Å². The highest BCUT2D eigenvalue weighted by Gasteiger charge is 2.33. The van der Waals surface area contributed by atoms with Crippen LogP contribution in [0.5, 0.6) is 0 Å². The molecule has 1 atom stereocenters. The molecule has 2 aliphatic heterocycles. The molecule has 0 N–H and O–H groups in total. The van der Waals surface area contributed by atoms with E-state index in [4.69, 9.17) is 16.3 Å². The van der Waals surface area contributed by atoms with E-state index in [1.54, 1.807) is 6.92 Å². The van der Waals surface area contributed by atoms with E-state index in [9.17, 15) is 13.6 Å². The maximum Gasteiger partial charge on any atom is 0.341 e. The van der Waals surface area contributed by atoms with Crippen LogP contribution in [-0.2, 0) is 4.74 Å². The minimum absolute atomic E-state index is 0.111. The molecule has 0 bridgehead atoms. The van der Waals surface area contributed by atoms with Gasteiger partial charge in [0.25, 0.3) is 6.43 Å². The Balaban J connectivity index is 1.22. The minimum atomic E-state index is -2.84. The molecule has 7 nitrogen and oxygen atoms in total. The molecule has 3 aromatic rings. The maximum absolute atomic E-state index is 14.2. The van der Waals surface area contributed by atoms with E-state index in [0.29, 0.717) is 18.0 Å². The average Bonchev–Trinajstić information content (AvgIpc) is 3.74. The van der Waals surface area contributed by atoms with Gasteiger partial charge >= 0.3 is 5.97 Å². The van der Waals surface area contributed by atoms with E-state index < -0.39 is 12.4 Å². The topological polar surface area (TPSA) is 53.8 Å². The molecule has 2 aromatic carbocycles. The van der Waals surface area contributed by atoms with Crippen molar-refractivity contribution in [2.75, 3.05) is 55.7 Å². The van der Waals surface area contributed by atoms with Crippen LogP contribution in [0.4, 0.5) is 20.2 Å². The zero-order valence-electron chi connectivity index (χ0n) is 23.3. The summed E-state index contributed by atoms with van der Waals surface area (Å²) in [4.78, 5) is 19.6. The van der Waals surface area contributed by atoms with Crippen molar-refractivity contribution in [2.24, 2.45) is 0 Å². The number of halogens is 3. The smallest absolute Gasteiger partial charge is 0.341 e. The van der Waals surface area contributed by atoms with Gasteiger partial charge in [-0.3, -0.25) is 9.58 Å². The van der Waals surface area contributed by atoms with Gasteiger partial charge in [0.1, 0.15) is 11.3 Å². The highest BCUT2D eigenvalue weighted by Crippen LogP contribution is 2.38. The van der Waals surface area contributed by atoms with E-state index in [1.165, 1.54) is 29.4 Å². The number of hydrogen-bond donors (Lipinski definition) is 0. The summed E-state index contributed by atoms with van der Waals surface area (Å²) in [5, 5.41) is 4.86. The number of carbonyl (C=O) groups excluding carboxylic acids is 1. The third-order valence-corrected chi connectivity index (χ3v) is 8.73. The Bertz CT molecular complexity index is 1370. The SMILES string of the molecule is CCOC(=O)c1cnn(C2CCCN(c3cc(Cl)ccc3-c3ccc(N4CCN(C5CC5)CC4)cc3)C2)c1C(F)F. The standard InChI is InChI=1S/C31H36ClF2N5O2/c1-2-41-31(40)27-19-35-39(29(27)30(33)34)25-4-3-13-38(20-25)28-18-22(32)7-12-26(28)21-5-8-23(9-6-21)36-14-16-37(17-15-36)24-10-11-24/h5-9,12,18-19,24-25,30H,2-4,10-11,13-17,20H2,1H3. The third-order valence-electron chi connectivity index (χ3n) is 8.50. The fraction of sp³-hybridized carbons (Fsp3) is 0.484. The first-order valence-electron chi connectivity index (χ1n) is 14.6. The molecule has 1 aliphatic carbocycles. The number of alkyl halides is 2. The predicted molar refractivity (Wildman–Crippen MR) is 157 cm³/mol. The third kappa shape index (κ3) is 5.93. The van der Waals surface area contributed by atoms with E-state index in [-0.39, 0.29) is 23.9 Å².